The molecule has 0 bridgehead atoms. The third-order valence-electron chi connectivity index (χ3n) is 4.44. The van der Waals surface area contributed by atoms with Gasteiger partial charge in [-0.15, -0.1) is 0 Å². The summed E-state index contributed by atoms with van der Waals surface area (Å²) in [4.78, 5) is 12.2. The lowest BCUT2D eigenvalue weighted by atomic mass is 9.95. The first kappa shape index (κ1) is 14.5. The summed E-state index contributed by atoms with van der Waals surface area (Å²) in [5.41, 5.74) is 2.59. The zero-order valence-electron chi connectivity index (χ0n) is 12.4. The molecule has 4 heteroatoms. The maximum atomic E-state index is 12.2. The number of rotatable bonds is 4. The molecule has 0 aromatic heterocycles. The fourth-order valence-electron chi connectivity index (χ4n) is 3.15. The molecule has 1 fully saturated rings. The number of hydrogen-bond acceptors (Lipinski definition) is 3. The van der Waals surface area contributed by atoms with Crippen LogP contribution in [-0.2, 0) is 22.5 Å². The summed E-state index contributed by atoms with van der Waals surface area (Å²) in [5.74, 6) is 0.111. The molecule has 4 nitrogen and oxygen atoms in total. The van der Waals surface area contributed by atoms with E-state index >= 15 is 0 Å². The fraction of sp³-hybridized carbons (Fsp3) is 0.588. The van der Waals surface area contributed by atoms with Gasteiger partial charge in [-0.25, -0.2) is 0 Å². The Bertz CT molecular complexity index is 483. The van der Waals surface area contributed by atoms with E-state index in [4.69, 9.17) is 4.74 Å². The topological polar surface area (TPSA) is 50.4 Å². The van der Waals surface area contributed by atoms with E-state index in [0.29, 0.717) is 12.6 Å². The second-order valence-electron chi connectivity index (χ2n) is 5.97. The fourth-order valence-corrected chi connectivity index (χ4v) is 3.15. The molecule has 2 N–H and O–H groups in total. The van der Waals surface area contributed by atoms with Crippen molar-refractivity contribution in [3.05, 3.63) is 35.4 Å². The van der Waals surface area contributed by atoms with E-state index in [9.17, 15) is 4.79 Å². The van der Waals surface area contributed by atoms with Gasteiger partial charge in [0.2, 0.25) is 5.91 Å². The lowest BCUT2D eigenvalue weighted by Gasteiger charge is -2.26. The number of carbonyl (C=O) groups excluding carboxylic acids is 1. The Balaban J connectivity index is 1.44. The van der Waals surface area contributed by atoms with Crippen LogP contribution in [-0.4, -0.2) is 31.2 Å². The van der Waals surface area contributed by atoms with Crippen molar-refractivity contribution in [2.45, 2.75) is 50.8 Å². The smallest absolute Gasteiger partial charge is 0.237 e. The molecular weight excluding hydrogens is 264 g/mol. The van der Waals surface area contributed by atoms with Gasteiger partial charge in [0, 0.05) is 19.7 Å². The average molecular weight is 288 g/mol. The number of nitrogens with one attached hydrogen (secondary N) is 2. The maximum absolute atomic E-state index is 12.2. The second kappa shape index (κ2) is 7.05. The highest BCUT2D eigenvalue weighted by atomic mass is 16.5. The minimum atomic E-state index is -0.104. The van der Waals surface area contributed by atoms with Gasteiger partial charge in [-0.1, -0.05) is 24.3 Å². The van der Waals surface area contributed by atoms with Gasteiger partial charge in [-0.05, 0) is 43.2 Å². The van der Waals surface area contributed by atoms with Crippen LogP contribution in [0.4, 0.5) is 0 Å². The van der Waals surface area contributed by atoms with Crippen LogP contribution in [0.1, 0.15) is 36.8 Å². The molecule has 0 spiro atoms. The van der Waals surface area contributed by atoms with Crippen molar-refractivity contribution < 1.29 is 9.53 Å². The molecule has 2 atom stereocenters. The summed E-state index contributed by atoms with van der Waals surface area (Å²) in [7, 11) is 0. The summed E-state index contributed by atoms with van der Waals surface area (Å²) in [6, 6.07) is 8.22. The molecule has 3 rings (SSSR count). The summed E-state index contributed by atoms with van der Waals surface area (Å²) < 4.78 is 5.68. The Labute approximate surface area is 126 Å². The molecule has 0 radical (unpaired) electrons. The van der Waals surface area contributed by atoms with Crippen LogP contribution < -0.4 is 10.6 Å². The first-order valence-corrected chi connectivity index (χ1v) is 8.02. The third-order valence-corrected chi connectivity index (χ3v) is 4.44. The summed E-state index contributed by atoms with van der Waals surface area (Å²) in [6.45, 7) is 2.36. The monoisotopic (exact) mass is 288 g/mol. The largest absolute Gasteiger partial charge is 0.378 e. The molecule has 2 heterocycles. The molecule has 1 aromatic carbocycles. The van der Waals surface area contributed by atoms with E-state index < -0.39 is 0 Å². The molecular formula is C17H24N2O2. The van der Waals surface area contributed by atoms with Crippen molar-refractivity contribution in [1.29, 1.82) is 0 Å². The van der Waals surface area contributed by atoms with Crippen molar-refractivity contribution >= 4 is 5.91 Å². The van der Waals surface area contributed by atoms with Gasteiger partial charge in [0.1, 0.15) is 0 Å². The Morgan fingerprint density at radius 3 is 2.95 bits per heavy atom. The van der Waals surface area contributed by atoms with Crippen molar-refractivity contribution in [2.75, 3.05) is 13.2 Å². The lowest BCUT2D eigenvalue weighted by Crippen LogP contribution is -2.48. The molecule has 1 saturated heterocycles. The molecule has 21 heavy (non-hydrogen) atoms. The highest BCUT2D eigenvalue weighted by molar-refractivity contribution is 5.82. The molecule has 2 aliphatic heterocycles. The van der Waals surface area contributed by atoms with E-state index in [1.165, 1.54) is 24.0 Å². The normalized spacial score (nSPS) is 25.1. The molecule has 0 aliphatic carbocycles. The molecule has 2 aliphatic rings. The number of hydrogen-bond donors (Lipinski definition) is 2. The summed E-state index contributed by atoms with van der Waals surface area (Å²) >= 11 is 0. The van der Waals surface area contributed by atoms with E-state index in [0.717, 1.165) is 32.4 Å². The van der Waals surface area contributed by atoms with Crippen molar-refractivity contribution in [3.63, 3.8) is 0 Å². The van der Waals surface area contributed by atoms with Crippen LogP contribution >= 0.6 is 0 Å². The van der Waals surface area contributed by atoms with Gasteiger partial charge in [0.05, 0.1) is 12.1 Å². The van der Waals surface area contributed by atoms with Gasteiger partial charge in [0.15, 0.2) is 0 Å². The molecule has 1 unspecified atom stereocenters. The molecule has 0 saturated carbocycles. The number of ether oxygens (including phenoxy) is 1. The van der Waals surface area contributed by atoms with Crippen LogP contribution in [0.2, 0.25) is 0 Å². The Morgan fingerprint density at radius 2 is 2.14 bits per heavy atom. The Morgan fingerprint density at radius 1 is 1.29 bits per heavy atom. The standard InChI is InChI=1S/C17H24N2O2/c20-17(18-9-8-15-7-3-4-10-21-15)16-11-13-5-1-2-6-14(13)12-19-16/h1-2,5-6,15-16,19H,3-4,7-12H2,(H,18,20)/t15?,16-/m1/s1. The number of carbonyl (C=O) groups is 1. The zero-order valence-corrected chi connectivity index (χ0v) is 12.4. The van der Waals surface area contributed by atoms with Gasteiger partial charge in [0.25, 0.3) is 0 Å². The molecule has 114 valence electrons. The van der Waals surface area contributed by atoms with E-state index in [1.807, 2.05) is 12.1 Å². The molecule has 1 amide bonds. The average Bonchev–Trinajstić information content (AvgIpc) is 2.55. The lowest BCUT2D eigenvalue weighted by molar-refractivity contribution is -0.123. The van der Waals surface area contributed by atoms with Crippen LogP contribution in [0.25, 0.3) is 0 Å². The quantitative estimate of drug-likeness (QED) is 0.888. The SMILES string of the molecule is O=C(NCCC1CCCCO1)[C@H]1Cc2ccccc2CN1. The van der Waals surface area contributed by atoms with Crippen molar-refractivity contribution in [2.24, 2.45) is 0 Å². The number of fused-ring (bicyclic) bond motifs is 1. The van der Waals surface area contributed by atoms with E-state index in [2.05, 4.69) is 22.8 Å². The first-order chi connectivity index (χ1) is 10.3. The highest BCUT2D eigenvalue weighted by Crippen LogP contribution is 2.17. The van der Waals surface area contributed by atoms with Crippen LogP contribution in [0.5, 0.6) is 0 Å². The minimum absolute atomic E-state index is 0.104. The number of amides is 1. The van der Waals surface area contributed by atoms with Crippen molar-refractivity contribution in [3.8, 4) is 0 Å². The van der Waals surface area contributed by atoms with Crippen molar-refractivity contribution in [1.82, 2.24) is 10.6 Å². The maximum Gasteiger partial charge on any atom is 0.237 e. The van der Waals surface area contributed by atoms with E-state index in [-0.39, 0.29) is 11.9 Å². The minimum Gasteiger partial charge on any atom is -0.378 e. The number of benzene rings is 1. The summed E-state index contributed by atoms with van der Waals surface area (Å²) in [6.07, 6.45) is 5.59. The predicted molar refractivity (Wildman–Crippen MR) is 82.0 cm³/mol. The van der Waals surface area contributed by atoms with Gasteiger partial charge in [-0.2, -0.15) is 0 Å². The summed E-state index contributed by atoms with van der Waals surface area (Å²) in [5, 5.41) is 6.37. The predicted octanol–water partition coefficient (Wildman–Crippen LogP) is 1.78. The zero-order chi connectivity index (χ0) is 14.5. The second-order valence-corrected chi connectivity index (χ2v) is 5.97. The third kappa shape index (κ3) is 3.83. The Hall–Kier alpha value is -1.39. The molecule has 1 aromatic rings. The van der Waals surface area contributed by atoms with Gasteiger partial charge < -0.3 is 15.4 Å². The van der Waals surface area contributed by atoms with Gasteiger partial charge >= 0.3 is 0 Å². The van der Waals surface area contributed by atoms with E-state index in [1.54, 1.807) is 0 Å². The Kier molecular flexibility index (Phi) is 4.88. The van der Waals surface area contributed by atoms with Crippen LogP contribution in [0.15, 0.2) is 24.3 Å². The van der Waals surface area contributed by atoms with Crippen LogP contribution in [0, 0.1) is 0 Å². The van der Waals surface area contributed by atoms with Gasteiger partial charge in [-0.3, -0.25) is 4.79 Å². The highest BCUT2D eigenvalue weighted by Gasteiger charge is 2.23. The van der Waals surface area contributed by atoms with Crippen LogP contribution in [0.3, 0.4) is 0 Å². The first-order valence-electron chi connectivity index (χ1n) is 8.02.